The Morgan fingerprint density at radius 2 is 1.82 bits per heavy atom. The molecular weight excluding hydrogens is 354 g/mol. The Kier molecular flexibility index (Phi) is 4.82. The molecule has 0 amide bonds. The maximum absolute atomic E-state index is 12.7. The Labute approximate surface area is 163 Å². The molecule has 0 aliphatic heterocycles. The molecule has 0 saturated heterocycles. The van der Waals surface area contributed by atoms with Gasteiger partial charge in [-0.25, -0.2) is 9.78 Å². The SMILES string of the molecule is Cc1oc(-c2ccccc2)nc1C(=O)OC(C)C(=O)c1ccc2c(c1)CCC2. The van der Waals surface area contributed by atoms with Crippen LogP contribution in [0.15, 0.2) is 52.9 Å². The third-order valence-electron chi connectivity index (χ3n) is 5.05. The average molecular weight is 375 g/mol. The number of Topliss-reactive ketones (excluding diaryl/α,β-unsaturated/α-hetero) is 1. The van der Waals surface area contributed by atoms with Crippen molar-refractivity contribution < 1.29 is 18.7 Å². The molecule has 0 N–H and O–H groups in total. The van der Waals surface area contributed by atoms with Gasteiger partial charge in [-0.3, -0.25) is 4.79 Å². The third-order valence-corrected chi connectivity index (χ3v) is 5.05. The van der Waals surface area contributed by atoms with E-state index < -0.39 is 12.1 Å². The number of rotatable bonds is 5. The summed E-state index contributed by atoms with van der Waals surface area (Å²) in [6.07, 6.45) is 2.27. The molecule has 3 aromatic rings. The standard InChI is InChI=1S/C23H21NO4/c1-14-20(24-22(27-14)17-7-4-3-5-8-17)23(26)28-15(2)21(25)19-12-11-16-9-6-10-18(16)13-19/h3-5,7-8,11-13,15H,6,9-10H2,1-2H3. The molecule has 0 spiro atoms. The zero-order valence-corrected chi connectivity index (χ0v) is 15.9. The molecule has 0 saturated carbocycles. The van der Waals surface area contributed by atoms with Crippen LogP contribution in [0.1, 0.15) is 51.1 Å². The fourth-order valence-electron chi connectivity index (χ4n) is 3.52. The van der Waals surface area contributed by atoms with Gasteiger partial charge in [-0.2, -0.15) is 0 Å². The molecule has 0 radical (unpaired) electrons. The van der Waals surface area contributed by atoms with Crippen molar-refractivity contribution in [2.75, 3.05) is 0 Å². The molecule has 1 aliphatic rings. The van der Waals surface area contributed by atoms with E-state index in [-0.39, 0.29) is 11.5 Å². The van der Waals surface area contributed by atoms with Gasteiger partial charge in [-0.1, -0.05) is 30.3 Å². The summed E-state index contributed by atoms with van der Waals surface area (Å²) >= 11 is 0. The second-order valence-electron chi connectivity index (χ2n) is 7.04. The van der Waals surface area contributed by atoms with Crippen molar-refractivity contribution in [3.8, 4) is 11.5 Å². The van der Waals surface area contributed by atoms with E-state index in [2.05, 4.69) is 4.98 Å². The third kappa shape index (κ3) is 3.48. The molecule has 5 heteroatoms. The lowest BCUT2D eigenvalue weighted by molar-refractivity contribution is 0.0312. The summed E-state index contributed by atoms with van der Waals surface area (Å²) in [7, 11) is 0. The lowest BCUT2D eigenvalue weighted by Crippen LogP contribution is -2.25. The van der Waals surface area contributed by atoms with Crippen molar-refractivity contribution in [3.63, 3.8) is 0 Å². The fraction of sp³-hybridized carbons (Fsp3) is 0.261. The zero-order valence-electron chi connectivity index (χ0n) is 15.9. The number of carbonyl (C=O) groups is 2. The highest BCUT2D eigenvalue weighted by Gasteiger charge is 2.25. The minimum Gasteiger partial charge on any atom is -0.449 e. The number of aromatic nitrogens is 1. The van der Waals surface area contributed by atoms with Crippen LogP contribution in [-0.2, 0) is 17.6 Å². The van der Waals surface area contributed by atoms with E-state index in [1.54, 1.807) is 13.8 Å². The van der Waals surface area contributed by atoms with Crippen LogP contribution < -0.4 is 0 Å². The average Bonchev–Trinajstić information content (AvgIpc) is 3.33. The summed E-state index contributed by atoms with van der Waals surface area (Å²) in [5, 5.41) is 0. The predicted octanol–water partition coefficient (Wildman–Crippen LogP) is 4.57. The van der Waals surface area contributed by atoms with Gasteiger partial charge >= 0.3 is 5.97 Å². The summed E-state index contributed by atoms with van der Waals surface area (Å²) < 4.78 is 11.0. The summed E-state index contributed by atoms with van der Waals surface area (Å²) in [5.74, 6) is -0.165. The van der Waals surface area contributed by atoms with Crippen LogP contribution >= 0.6 is 0 Å². The highest BCUT2D eigenvalue weighted by atomic mass is 16.5. The van der Waals surface area contributed by atoms with Crippen LogP contribution in [0.4, 0.5) is 0 Å². The highest BCUT2D eigenvalue weighted by Crippen LogP contribution is 2.25. The molecule has 28 heavy (non-hydrogen) atoms. The molecule has 4 rings (SSSR count). The van der Waals surface area contributed by atoms with Crippen LogP contribution in [0.5, 0.6) is 0 Å². The predicted molar refractivity (Wildman–Crippen MR) is 104 cm³/mol. The number of oxazole rings is 1. The van der Waals surface area contributed by atoms with Gasteiger partial charge in [0, 0.05) is 11.1 Å². The fourth-order valence-corrected chi connectivity index (χ4v) is 3.52. The van der Waals surface area contributed by atoms with Crippen LogP contribution in [0.3, 0.4) is 0 Å². The molecule has 1 heterocycles. The first-order chi connectivity index (χ1) is 13.5. The smallest absolute Gasteiger partial charge is 0.361 e. The van der Waals surface area contributed by atoms with Crippen molar-refractivity contribution in [1.29, 1.82) is 0 Å². The van der Waals surface area contributed by atoms with Gasteiger partial charge in [0.2, 0.25) is 11.7 Å². The lowest BCUT2D eigenvalue weighted by atomic mass is 10.0. The maximum Gasteiger partial charge on any atom is 0.361 e. The Hall–Kier alpha value is -3.21. The lowest BCUT2D eigenvalue weighted by Gasteiger charge is -2.12. The molecule has 2 aromatic carbocycles. The molecule has 1 aromatic heterocycles. The van der Waals surface area contributed by atoms with Gasteiger partial charge in [0.25, 0.3) is 0 Å². The van der Waals surface area contributed by atoms with Crippen LogP contribution in [-0.4, -0.2) is 22.8 Å². The van der Waals surface area contributed by atoms with Gasteiger partial charge in [0.05, 0.1) is 0 Å². The summed E-state index contributed by atoms with van der Waals surface area (Å²) in [6, 6.07) is 15.0. The van der Waals surface area contributed by atoms with Gasteiger partial charge in [-0.15, -0.1) is 0 Å². The molecule has 0 fully saturated rings. The van der Waals surface area contributed by atoms with Crippen LogP contribution in [0, 0.1) is 6.92 Å². The zero-order chi connectivity index (χ0) is 19.7. The van der Waals surface area contributed by atoms with Crippen molar-refractivity contribution in [2.24, 2.45) is 0 Å². The van der Waals surface area contributed by atoms with E-state index in [1.807, 2.05) is 48.5 Å². The van der Waals surface area contributed by atoms with E-state index in [1.165, 1.54) is 11.1 Å². The summed E-state index contributed by atoms with van der Waals surface area (Å²) in [4.78, 5) is 29.5. The molecule has 142 valence electrons. The van der Waals surface area contributed by atoms with E-state index in [4.69, 9.17) is 9.15 Å². The molecule has 1 atom stereocenters. The second-order valence-corrected chi connectivity index (χ2v) is 7.04. The number of hydrogen-bond acceptors (Lipinski definition) is 5. The summed E-state index contributed by atoms with van der Waals surface area (Å²) in [6.45, 7) is 3.24. The van der Waals surface area contributed by atoms with Crippen molar-refractivity contribution in [3.05, 3.63) is 76.7 Å². The Balaban J connectivity index is 1.49. The van der Waals surface area contributed by atoms with Crippen molar-refractivity contribution in [2.45, 2.75) is 39.2 Å². The number of nitrogens with zero attached hydrogens (tertiary/aromatic N) is 1. The van der Waals surface area contributed by atoms with Crippen LogP contribution in [0.2, 0.25) is 0 Å². The molecule has 5 nitrogen and oxygen atoms in total. The van der Waals surface area contributed by atoms with E-state index >= 15 is 0 Å². The number of benzene rings is 2. The molecule has 1 aliphatic carbocycles. The van der Waals surface area contributed by atoms with E-state index in [0.29, 0.717) is 17.2 Å². The van der Waals surface area contributed by atoms with E-state index in [0.717, 1.165) is 24.8 Å². The quantitative estimate of drug-likeness (QED) is 0.483. The van der Waals surface area contributed by atoms with Crippen LogP contribution in [0.25, 0.3) is 11.5 Å². The van der Waals surface area contributed by atoms with Gasteiger partial charge < -0.3 is 9.15 Å². The monoisotopic (exact) mass is 375 g/mol. The number of ketones is 1. The summed E-state index contributed by atoms with van der Waals surface area (Å²) in [5.41, 5.74) is 3.94. The van der Waals surface area contributed by atoms with Gasteiger partial charge in [0.1, 0.15) is 5.76 Å². The Morgan fingerprint density at radius 3 is 2.61 bits per heavy atom. The molecule has 1 unspecified atom stereocenters. The highest BCUT2D eigenvalue weighted by molar-refractivity contribution is 6.01. The first kappa shape index (κ1) is 18.2. The minimum absolute atomic E-state index is 0.0902. The number of hydrogen-bond donors (Lipinski definition) is 0. The largest absolute Gasteiger partial charge is 0.449 e. The van der Waals surface area contributed by atoms with Crippen molar-refractivity contribution >= 4 is 11.8 Å². The minimum atomic E-state index is -0.900. The Morgan fingerprint density at radius 1 is 1.07 bits per heavy atom. The normalized spacial score (nSPS) is 13.8. The second kappa shape index (κ2) is 7.43. The number of ether oxygens (including phenoxy) is 1. The molecular formula is C23H21NO4. The topological polar surface area (TPSA) is 69.4 Å². The molecule has 0 bridgehead atoms. The number of carbonyl (C=O) groups excluding carboxylic acids is 2. The first-order valence-corrected chi connectivity index (χ1v) is 9.43. The number of aryl methyl sites for hydroxylation is 3. The van der Waals surface area contributed by atoms with Crippen molar-refractivity contribution in [1.82, 2.24) is 4.98 Å². The Bertz CT molecular complexity index is 1040. The number of esters is 1. The van der Waals surface area contributed by atoms with Gasteiger partial charge in [0.15, 0.2) is 11.8 Å². The number of fused-ring (bicyclic) bond motifs is 1. The first-order valence-electron chi connectivity index (χ1n) is 9.43. The van der Waals surface area contributed by atoms with E-state index in [9.17, 15) is 9.59 Å². The maximum atomic E-state index is 12.7. The van der Waals surface area contributed by atoms with Gasteiger partial charge in [-0.05, 0) is 62.4 Å².